The van der Waals surface area contributed by atoms with Gasteiger partial charge in [-0.1, -0.05) is 46.4 Å². The highest BCUT2D eigenvalue weighted by Gasteiger charge is 2.10. The van der Waals surface area contributed by atoms with E-state index < -0.39 is 0 Å². The van der Waals surface area contributed by atoms with E-state index in [1.807, 2.05) is 0 Å². The van der Waals surface area contributed by atoms with Crippen molar-refractivity contribution in [2.75, 3.05) is 0 Å². The predicted octanol–water partition coefficient (Wildman–Crippen LogP) is 5.36. The lowest BCUT2D eigenvalue weighted by atomic mass is 10.1. The highest BCUT2D eigenvalue weighted by Crippen LogP contribution is 2.35. The second-order valence-electron chi connectivity index (χ2n) is 3.11. The first-order chi connectivity index (χ1) is 7.58. The molecule has 0 fully saturated rings. The second kappa shape index (κ2) is 4.80. The van der Waals surface area contributed by atoms with E-state index >= 15 is 0 Å². The largest absolute Gasteiger partial charge is 0.255 e. The van der Waals surface area contributed by atoms with E-state index in [4.69, 9.17) is 46.4 Å². The fourth-order valence-electron chi connectivity index (χ4n) is 1.28. The van der Waals surface area contributed by atoms with E-state index in [2.05, 4.69) is 4.98 Å². The second-order valence-corrected chi connectivity index (χ2v) is 4.77. The zero-order valence-electron chi connectivity index (χ0n) is 7.85. The SMILES string of the molecule is Clc1ccc(-c2cc(Cl)cc(Cl)c2Cl)nc1. The van der Waals surface area contributed by atoms with Crippen LogP contribution in [0, 0.1) is 0 Å². The average Bonchev–Trinajstić information content (AvgIpc) is 2.25. The van der Waals surface area contributed by atoms with E-state index in [1.54, 1.807) is 30.5 Å². The van der Waals surface area contributed by atoms with Crippen molar-refractivity contribution in [2.24, 2.45) is 0 Å². The van der Waals surface area contributed by atoms with Crippen molar-refractivity contribution >= 4 is 46.4 Å². The smallest absolute Gasteiger partial charge is 0.0719 e. The summed E-state index contributed by atoms with van der Waals surface area (Å²) in [6.45, 7) is 0. The molecule has 0 radical (unpaired) electrons. The Morgan fingerprint density at radius 1 is 0.875 bits per heavy atom. The van der Waals surface area contributed by atoms with E-state index in [0.717, 1.165) is 0 Å². The fourth-order valence-corrected chi connectivity index (χ4v) is 2.09. The van der Waals surface area contributed by atoms with Gasteiger partial charge in [-0.2, -0.15) is 0 Å². The monoisotopic (exact) mass is 291 g/mol. The molecule has 16 heavy (non-hydrogen) atoms. The number of halogens is 4. The molecule has 1 aromatic heterocycles. The van der Waals surface area contributed by atoms with Gasteiger partial charge in [-0.3, -0.25) is 4.98 Å². The van der Waals surface area contributed by atoms with Crippen LogP contribution in [-0.4, -0.2) is 4.98 Å². The lowest BCUT2D eigenvalue weighted by Crippen LogP contribution is -1.85. The van der Waals surface area contributed by atoms with Gasteiger partial charge in [-0.05, 0) is 24.3 Å². The van der Waals surface area contributed by atoms with Gasteiger partial charge in [0.2, 0.25) is 0 Å². The normalized spacial score (nSPS) is 10.5. The fraction of sp³-hybridized carbons (Fsp3) is 0. The highest BCUT2D eigenvalue weighted by molar-refractivity contribution is 6.45. The molecule has 5 heteroatoms. The number of pyridine rings is 1. The molecule has 82 valence electrons. The van der Waals surface area contributed by atoms with Crippen molar-refractivity contribution < 1.29 is 0 Å². The molecule has 1 aromatic carbocycles. The lowest BCUT2D eigenvalue weighted by Gasteiger charge is -2.06. The molecule has 0 bridgehead atoms. The third-order valence-electron chi connectivity index (χ3n) is 2.00. The molecule has 0 N–H and O–H groups in total. The Labute approximate surface area is 113 Å². The summed E-state index contributed by atoms with van der Waals surface area (Å²) in [5.41, 5.74) is 1.37. The number of nitrogens with zero attached hydrogens (tertiary/aromatic N) is 1. The van der Waals surface area contributed by atoms with E-state index in [0.29, 0.717) is 31.3 Å². The summed E-state index contributed by atoms with van der Waals surface area (Å²) in [6, 6.07) is 6.79. The summed E-state index contributed by atoms with van der Waals surface area (Å²) in [5.74, 6) is 0. The highest BCUT2D eigenvalue weighted by atomic mass is 35.5. The van der Waals surface area contributed by atoms with Crippen molar-refractivity contribution in [2.45, 2.75) is 0 Å². The molecule has 0 amide bonds. The van der Waals surface area contributed by atoms with Crippen LogP contribution in [0.5, 0.6) is 0 Å². The first kappa shape index (κ1) is 12.0. The maximum absolute atomic E-state index is 6.08. The van der Waals surface area contributed by atoms with Crippen LogP contribution >= 0.6 is 46.4 Å². The van der Waals surface area contributed by atoms with Gasteiger partial charge in [0, 0.05) is 16.8 Å². The molecule has 0 aliphatic heterocycles. The first-order valence-electron chi connectivity index (χ1n) is 4.34. The van der Waals surface area contributed by atoms with Crippen LogP contribution in [0.2, 0.25) is 20.1 Å². The van der Waals surface area contributed by atoms with Crippen molar-refractivity contribution in [3.8, 4) is 11.3 Å². The minimum atomic E-state index is 0.404. The molecule has 2 aromatic rings. The Morgan fingerprint density at radius 3 is 2.25 bits per heavy atom. The van der Waals surface area contributed by atoms with Crippen molar-refractivity contribution in [1.82, 2.24) is 4.98 Å². The van der Waals surface area contributed by atoms with Gasteiger partial charge in [0.1, 0.15) is 0 Å². The van der Waals surface area contributed by atoms with Crippen LogP contribution in [0.3, 0.4) is 0 Å². The topological polar surface area (TPSA) is 12.9 Å². The molecule has 1 nitrogen and oxygen atoms in total. The minimum absolute atomic E-state index is 0.404. The van der Waals surface area contributed by atoms with Crippen molar-refractivity contribution in [1.29, 1.82) is 0 Å². The third-order valence-corrected chi connectivity index (χ3v) is 3.24. The molecule has 0 aliphatic rings. The van der Waals surface area contributed by atoms with Gasteiger partial charge in [0.05, 0.1) is 20.8 Å². The summed E-state index contributed by atoms with van der Waals surface area (Å²) in [4.78, 5) is 4.16. The lowest BCUT2D eigenvalue weighted by molar-refractivity contribution is 1.33. The molecule has 2 rings (SSSR count). The zero-order valence-corrected chi connectivity index (χ0v) is 10.9. The Bertz CT molecular complexity index is 522. The number of hydrogen-bond acceptors (Lipinski definition) is 1. The quantitative estimate of drug-likeness (QED) is 0.645. The zero-order chi connectivity index (χ0) is 11.7. The molecule has 0 atom stereocenters. The van der Waals surface area contributed by atoms with Crippen LogP contribution in [-0.2, 0) is 0 Å². The molecule has 0 spiro atoms. The van der Waals surface area contributed by atoms with Crippen LogP contribution in [0.4, 0.5) is 0 Å². The summed E-state index contributed by atoms with van der Waals surface area (Å²) >= 11 is 23.7. The molecular weight excluding hydrogens is 288 g/mol. The number of rotatable bonds is 1. The van der Waals surface area contributed by atoms with Crippen LogP contribution in [0.15, 0.2) is 30.5 Å². The molecule has 1 heterocycles. The average molecular weight is 293 g/mol. The summed E-state index contributed by atoms with van der Waals surface area (Å²) in [5, 5.41) is 1.91. The summed E-state index contributed by atoms with van der Waals surface area (Å²) < 4.78 is 0. The van der Waals surface area contributed by atoms with Gasteiger partial charge in [0.25, 0.3) is 0 Å². The van der Waals surface area contributed by atoms with E-state index in [-0.39, 0.29) is 0 Å². The van der Waals surface area contributed by atoms with E-state index in [9.17, 15) is 0 Å². The molecule has 0 unspecified atom stereocenters. The van der Waals surface area contributed by atoms with Crippen molar-refractivity contribution in [3.05, 3.63) is 50.6 Å². The number of benzene rings is 1. The van der Waals surface area contributed by atoms with Gasteiger partial charge >= 0.3 is 0 Å². The number of aromatic nitrogens is 1. The molecular formula is C11H5Cl4N. The molecule has 0 saturated carbocycles. The number of hydrogen-bond donors (Lipinski definition) is 0. The first-order valence-corrected chi connectivity index (χ1v) is 5.85. The third kappa shape index (κ3) is 2.44. The molecule has 0 aliphatic carbocycles. The molecule has 0 saturated heterocycles. The van der Waals surface area contributed by atoms with E-state index in [1.165, 1.54) is 0 Å². The summed E-state index contributed by atoms with van der Waals surface area (Å²) in [7, 11) is 0. The Kier molecular flexibility index (Phi) is 3.60. The minimum Gasteiger partial charge on any atom is -0.255 e. The standard InChI is InChI=1S/C11H5Cl4N/c12-6-1-2-10(16-5-6)8-3-7(13)4-9(14)11(8)15/h1-5H. The van der Waals surface area contributed by atoms with Gasteiger partial charge in [-0.15, -0.1) is 0 Å². The van der Waals surface area contributed by atoms with Crippen molar-refractivity contribution in [3.63, 3.8) is 0 Å². The Balaban J connectivity index is 2.59. The summed E-state index contributed by atoms with van der Waals surface area (Å²) in [6.07, 6.45) is 1.54. The van der Waals surface area contributed by atoms with Crippen LogP contribution < -0.4 is 0 Å². The Morgan fingerprint density at radius 2 is 1.62 bits per heavy atom. The maximum Gasteiger partial charge on any atom is 0.0719 e. The van der Waals surface area contributed by atoms with Gasteiger partial charge in [-0.25, -0.2) is 0 Å². The predicted molar refractivity (Wildman–Crippen MR) is 69.7 cm³/mol. The van der Waals surface area contributed by atoms with Gasteiger partial charge in [0.15, 0.2) is 0 Å². The Hall–Kier alpha value is -0.470. The van der Waals surface area contributed by atoms with Crippen LogP contribution in [0.25, 0.3) is 11.3 Å². The van der Waals surface area contributed by atoms with Crippen LogP contribution in [0.1, 0.15) is 0 Å². The van der Waals surface area contributed by atoms with Gasteiger partial charge < -0.3 is 0 Å². The maximum atomic E-state index is 6.08.